The quantitative estimate of drug-likeness (QED) is 0.895. The van der Waals surface area contributed by atoms with Crippen LogP contribution in [0.25, 0.3) is 5.69 Å². The summed E-state index contributed by atoms with van der Waals surface area (Å²) in [6.07, 6.45) is 0. The highest BCUT2D eigenvalue weighted by atomic mass is 35.5. The monoisotopic (exact) mass is 348 g/mol. The molecule has 0 aliphatic rings. The number of benzene rings is 1. The van der Waals surface area contributed by atoms with Gasteiger partial charge in [-0.2, -0.15) is 5.10 Å². The molecule has 1 aromatic heterocycles. The molecule has 0 saturated heterocycles. The second-order valence-corrected chi connectivity index (χ2v) is 6.35. The highest BCUT2D eigenvalue weighted by molar-refractivity contribution is 6.30. The van der Waals surface area contributed by atoms with E-state index in [1.165, 1.54) is 6.07 Å². The van der Waals surface area contributed by atoms with Crippen LogP contribution in [-0.2, 0) is 0 Å². The molecule has 0 aliphatic carbocycles. The van der Waals surface area contributed by atoms with Crippen LogP contribution in [0.4, 0.5) is 0 Å². The first-order chi connectivity index (χ1) is 11.3. The number of carbonyl (C=O) groups is 1. The topological polar surface area (TPSA) is 67.2 Å². The van der Waals surface area contributed by atoms with Crippen molar-refractivity contribution < 1.29 is 4.79 Å². The zero-order valence-corrected chi connectivity index (χ0v) is 15.0. The van der Waals surface area contributed by atoms with E-state index in [4.69, 9.17) is 11.6 Å². The zero-order valence-electron chi connectivity index (χ0n) is 14.2. The Bertz CT molecular complexity index is 784. The fourth-order valence-electron chi connectivity index (χ4n) is 2.06. The number of hydrogen-bond donors (Lipinski definition) is 1. The molecule has 0 bridgehead atoms. The number of halogens is 1. The minimum atomic E-state index is -0.476. The summed E-state index contributed by atoms with van der Waals surface area (Å²) in [6, 6.07) is 8.58. The van der Waals surface area contributed by atoms with Crippen LogP contribution in [0.1, 0.15) is 23.1 Å². The summed E-state index contributed by atoms with van der Waals surface area (Å²) in [6.45, 7) is 4.18. The molecule has 6 nitrogen and oxygen atoms in total. The van der Waals surface area contributed by atoms with Gasteiger partial charge in [-0.25, -0.2) is 4.68 Å². The van der Waals surface area contributed by atoms with Crippen molar-refractivity contribution in [3.63, 3.8) is 0 Å². The van der Waals surface area contributed by atoms with Crippen molar-refractivity contribution in [2.24, 2.45) is 0 Å². The lowest BCUT2D eigenvalue weighted by Gasteiger charge is -2.19. The third kappa shape index (κ3) is 4.21. The molecule has 1 atom stereocenters. The number of nitrogens with one attached hydrogen (secondary N) is 1. The van der Waals surface area contributed by atoms with Crippen LogP contribution < -0.4 is 10.7 Å². The minimum absolute atomic E-state index is 0.124. The molecule has 1 amide bonds. The summed E-state index contributed by atoms with van der Waals surface area (Å²) in [5.41, 5.74) is 0.849. The van der Waals surface area contributed by atoms with E-state index >= 15 is 0 Å². The maximum absolute atomic E-state index is 12.3. The predicted molar refractivity (Wildman–Crippen MR) is 95.1 cm³/mol. The third-order valence-corrected chi connectivity index (χ3v) is 4.09. The van der Waals surface area contributed by atoms with Gasteiger partial charge in [0.2, 0.25) is 5.43 Å². The van der Waals surface area contributed by atoms with E-state index in [9.17, 15) is 9.59 Å². The molecule has 7 heteroatoms. The summed E-state index contributed by atoms with van der Waals surface area (Å²) >= 11 is 5.89. The molecule has 0 unspecified atom stereocenters. The standard InChI is InChI=1S/C17H21ClN4O2/c1-11-9-15(23)16(17(24)19-10-12(2)21(3)4)20-22(11)14-7-5-13(18)6-8-14/h5-9,12H,10H2,1-4H3,(H,19,24)/t12-/m1/s1. The summed E-state index contributed by atoms with van der Waals surface area (Å²) in [7, 11) is 3.85. The fourth-order valence-corrected chi connectivity index (χ4v) is 2.18. The first-order valence-electron chi connectivity index (χ1n) is 7.61. The van der Waals surface area contributed by atoms with Gasteiger partial charge in [-0.1, -0.05) is 11.6 Å². The van der Waals surface area contributed by atoms with E-state index in [2.05, 4.69) is 10.4 Å². The Morgan fingerprint density at radius 2 is 1.96 bits per heavy atom. The molecule has 0 saturated carbocycles. The second-order valence-electron chi connectivity index (χ2n) is 5.91. The van der Waals surface area contributed by atoms with E-state index in [-0.39, 0.29) is 11.7 Å². The lowest BCUT2D eigenvalue weighted by atomic mass is 10.2. The van der Waals surface area contributed by atoms with E-state index in [0.717, 1.165) is 5.69 Å². The normalized spacial score (nSPS) is 12.2. The van der Waals surface area contributed by atoms with Gasteiger partial charge in [0.05, 0.1) is 5.69 Å². The van der Waals surface area contributed by atoms with Crippen LogP contribution in [0, 0.1) is 6.92 Å². The number of carbonyl (C=O) groups excluding carboxylic acids is 1. The van der Waals surface area contributed by atoms with Crippen molar-refractivity contribution in [2.75, 3.05) is 20.6 Å². The number of nitrogens with zero attached hydrogens (tertiary/aromatic N) is 3. The third-order valence-electron chi connectivity index (χ3n) is 3.83. The van der Waals surface area contributed by atoms with Crippen molar-refractivity contribution in [1.82, 2.24) is 20.0 Å². The molecule has 1 N–H and O–H groups in total. The summed E-state index contributed by atoms with van der Waals surface area (Å²) < 4.78 is 1.56. The molecule has 0 spiro atoms. The average molecular weight is 349 g/mol. The molecular weight excluding hydrogens is 328 g/mol. The highest BCUT2D eigenvalue weighted by Crippen LogP contribution is 2.13. The SMILES string of the molecule is Cc1cc(=O)c(C(=O)NC[C@@H](C)N(C)C)nn1-c1ccc(Cl)cc1. The molecule has 0 radical (unpaired) electrons. The van der Waals surface area contributed by atoms with Gasteiger partial charge in [0.25, 0.3) is 5.91 Å². The van der Waals surface area contributed by atoms with Crippen LogP contribution in [0.5, 0.6) is 0 Å². The number of aromatic nitrogens is 2. The van der Waals surface area contributed by atoms with Gasteiger partial charge in [0.1, 0.15) is 0 Å². The lowest BCUT2D eigenvalue weighted by Crippen LogP contribution is -2.40. The molecule has 1 heterocycles. The van der Waals surface area contributed by atoms with Crippen molar-refractivity contribution in [3.05, 3.63) is 57.0 Å². The van der Waals surface area contributed by atoms with E-state index < -0.39 is 11.3 Å². The van der Waals surface area contributed by atoms with Gasteiger partial charge in [0.15, 0.2) is 5.69 Å². The van der Waals surface area contributed by atoms with Gasteiger partial charge in [0, 0.05) is 29.4 Å². The number of amides is 1. The predicted octanol–water partition coefficient (Wildman–Crippen LogP) is 1.87. The highest BCUT2D eigenvalue weighted by Gasteiger charge is 2.16. The summed E-state index contributed by atoms with van der Waals surface area (Å²) in [4.78, 5) is 26.4. The number of aryl methyl sites for hydroxylation is 1. The first kappa shape index (κ1) is 18.2. The molecule has 24 heavy (non-hydrogen) atoms. The summed E-state index contributed by atoms with van der Waals surface area (Å²) in [5, 5.41) is 7.59. The van der Waals surface area contributed by atoms with E-state index in [1.54, 1.807) is 35.9 Å². The molecule has 2 rings (SSSR count). The molecule has 1 aromatic carbocycles. The Labute approximate surface area is 146 Å². The molecule has 2 aromatic rings. The van der Waals surface area contributed by atoms with Gasteiger partial charge in [-0.05, 0) is 52.2 Å². The van der Waals surface area contributed by atoms with Crippen molar-refractivity contribution >= 4 is 17.5 Å². The Hall–Kier alpha value is -2.18. The maximum Gasteiger partial charge on any atom is 0.275 e. The van der Waals surface area contributed by atoms with Crippen LogP contribution in [0.3, 0.4) is 0 Å². The van der Waals surface area contributed by atoms with E-state index in [1.807, 2.05) is 25.9 Å². The van der Waals surface area contributed by atoms with Crippen molar-refractivity contribution in [1.29, 1.82) is 0 Å². The maximum atomic E-state index is 12.3. The Morgan fingerprint density at radius 1 is 1.33 bits per heavy atom. The molecule has 128 valence electrons. The van der Waals surface area contributed by atoms with Gasteiger partial charge in [-0.3, -0.25) is 9.59 Å². The van der Waals surface area contributed by atoms with Crippen LogP contribution >= 0.6 is 11.6 Å². The van der Waals surface area contributed by atoms with Crippen molar-refractivity contribution in [3.8, 4) is 5.69 Å². The Balaban J connectivity index is 2.31. The largest absolute Gasteiger partial charge is 0.349 e. The number of hydrogen-bond acceptors (Lipinski definition) is 4. The average Bonchev–Trinajstić information content (AvgIpc) is 2.53. The Morgan fingerprint density at radius 3 is 2.54 bits per heavy atom. The van der Waals surface area contributed by atoms with Gasteiger partial charge < -0.3 is 10.2 Å². The van der Waals surface area contributed by atoms with Gasteiger partial charge in [-0.15, -0.1) is 0 Å². The first-order valence-corrected chi connectivity index (χ1v) is 7.99. The minimum Gasteiger partial charge on any atom is -0.349 e. The zero-order chi connectivity index (χ0) is 17.9. The van der Waals surface area contributed by atoms with E-state index in [0.29, 0.717) is 17.3 Å². The van der Waals surface area contributed by atoms with Crippen LogP contribution in [0.2, 0.25) is 5.02 Å². The Kier molecular flexibility index (Phi) is 5.75. The van der Waals surface area contributed by atoms with Gasteiger partial charge >= 0.3 is 0 Å². The lowest BCUT2D eigenvalue weighted by molar-refractivity contribution is 0.0935. The molecule has 0 fully saturated rings. The molecular formula is C17H21ClN4O2. The van der Waals surface area contributed by atoms with Crippen LogP contribution in [0.15, 0.2) is 35.1 Å². The van der Waals surface area contributed by atoms with Crippen molar-refractivity contribution in [2.45, 2.75) is 19.9 Å². The molecule has 0 aliphatic heterocycles. The smallest absolute Gasteiger partial charge is 0.275 e. The second kappa shape index (κ2) is 7.59. The fraction of sp³-hybridized carbons (Fsp3) is 0.353. The number of rotatable bonds is 5. The van der Waals surface area contributed by atoms with Crippen LogP contribution in [-0.4, -0.2) is 47.3 Å². The summed E-state index contributed by atoms with van der Waals surface area (Å²) in [5.74, 6) is -0.476. The number of likely N-dealkylation sites (N-methyl/N-ethyl adjacent to an activating group) is 1.